The third kappa shape index (κ3) is 4.94. The van der Waals surface area contributed by atoms with Crippen LogP contribution in [-0.2, 0) is 6.54 Å². The predicted molar refractivity (Wildman–Crippen MR) is 106 cm³/mol. The zero-order valence-corrected chi connectivity index (χ0v) is 15.2. The summed E-state index contributed by atoms with van der Waals surface area (Å²) >= 11 is 10.4. The van der Waals surface area contributed by atoms with Gasteiger partial charge in [-0.05, 0) is 61.2 Å². The van der Waals surface area contributed by atoms with Gasteiger partial charge < -0.3 is 20.1 Å². The molecule has 8 heteroatoms. The van der Waals surface area contributed by atoms with E-state index < -0.39 is 0 Å². The van der Waals surface area contributed by atoms with Gasteiger partial charge in [-0.3, -0.25) is 10.9 Å². The van der Waals surface area contributed by atoms with Crippen LogP contribution in [0.5, 0.6) is 11.5 Å². The smallest absolute Gasteiger partial charge is 0.231 e. The molecular weight excluding hydrogens is 356 g/mol. The van der Waals surface area contributed by atoms with E-state index in [9.17, 15) is 0 Å². The lowest BCUT2D eigenvalue weighted by atomic mass is 10.2. The molecule has 6 nitrogen and oxygen atoms in total. The van der Waals surface area contributed by atoms with Crippen LogP contribution in [0.15, 0.2) is 42.5 Å². The molecule has 0 saturated carbocycles. The molecule has 2 aromatic rings. The van der Waals surface area contributed by atoms with Crippen LogP contribution in [0.4, 0.5) is 5.69 Å². The Morgan fingerprint density at radius 2 is 1.68 bits per heavy atom. The van der Waals surface area contributed by atoms with Crippen LogP contribution in [0.2, 0.25) is 0 Å². The van der Waals surface area contributed by atoms with Gasteiger partial charge in [-0.2, -0.15) is 0 Å². The Morgan fingerprint density at radius 3 is 2.48 bits per heavy atom. The first-order chi connectivity index (χ1) is 12.1. The van der Waals surface area contributed by atoms with E-state index in [1.165, 1.54) is 5.56 Å². The second kappa shape index (κ2) is 8.00. The third-order valence-corrected chi connectivity index (χ3v) is 3.94. The highest BCUT2D eigenvalue weighted by atomic mass is 32.1. The Hall–Kier alpha value is -2.58. The second-order valence-electron chi connectivity index (χ2n) is 5.44. The van der Waals surface area contributed by atoms with Crippen LogP contribution in [-0.4, -0.2) is 17.0 Å². The molecule has 0 amide bonds. The average molecular weight is 374 g/mol. The molecular formula is C17H18N4O2S2. The summed E-state index contributed by atoms with van der Waals surface area (Å²) in [5, 5.41) is 7.02. The molecule has 1 aliphatic heterocycles. The minimum absolute atomic E-state index is 0.265. The van der Waals surface area contributed by atoms with Crippen molar-refractivity contribution in [1.82, 2.24) is 16.2 Å². The molecule has 1 heterocycles. The van der Waals surface area contributed by atoms with E-state index in [4.69, 9.17) is 33.9 Å². The van der Waals surface area contributed by atoms with Crippen molar-refractivity contribution in [3.05, 3.63) is 53.6 Å². The first-order valence-electron chi connectivity index (χ1n) is 7.66. The van der Waals surface area contributed by atoms with Gasteiger partial charge in [0.1, 0.15) is 0 Å². The van der Waals surface area contributed by atoms with Gasteiger partial charge in [0.15, 0.2) is 21.7 Å². The molecule has 130 valence electrons. The Labute approximate surface area is 156 Å². The molecule has 1 aliphatic rings. The quantitative estimate of drug-likeness (QED) is 0.483. The Balaban J connectivity index is 1.40. The highest BCUT2D eigenvalue weighted by Gasteiger charge is 2.13. The summed E-state index contributed by atoms with van der Waals surface area (Å²) in [5.41, 5.74) is 8.83. The zero-order valence-electron chi connectivity index (χ0n) is 13.6. The lowest BCUT2D eigenvalue weighted by Crippen LogP contribution is -2.47. The molecule has 4 N–H and O–H groups in total. The summed E-state index contributed by atoms with van der Waals surface area (Å²) in [6.07, 6.45) is 0. The first-order valence-corrected chi connectivity index (χ1v) is 8.48. The van der Waals surface area contributed by atoms with E-state index in [1.807, 2.05) is 49.4 Å². The Kier molecular flexibility index (Phi) is 5.52. The molecule has 2 aromatic carbocycles. The fourth-order valence-electron chi connectivity index (χ4n) is 2.19. The number of hydrogen-bond donors (Lipinski definition) is 4. The number of thiocarbonyl (C=S) groups is 2. The number of hydrazine groups is 1. The van der Waals surface area contributed by atoms with E-state index in [1.54, 1.807) is 0 Å². The highest BCUT2D eigenvalue weighted by Crippen LogP contribution is 2.32. The zero-order chi connectivity index (χ0) is 17.6. The molecule has 0 radical (unpaired) electrons. The number of rotatable bonds is 3. The number of ether oxygens (including phenoxy) is 2. The molecule has 0 fully saturated rings. The summed E-state index contributed by atoms with van der Waals surface area (Å²) in [4.78, 5) is 0. The van der Waals surface area contributed by atoms with Gasteiger partial charge in [0, 0.05) is 12.2 Å². The normalized spacial score (nSPS) is 11.6. The lowest BCUT2D eigenvalue weighted by Gasteiger charge is -2.14. The maximum absolute atomic E-state index is 5.35. The van der Waals surface area contributed by atoms with Crippen LogP contribution in [0.25, 0.3) is 0 Å². The summed E-state index contributed by atoms with van der Waals surface area (Å²) in [6.45, 7) is 2.86. The van der Waals surface area contributed by atoms with Crippen molar-refractivity contribution in [3.63, 3.8) is 0 Å². The molecule has 0 unspecified atom stereocenters. The van der Waals surface area contributed by atoms with Gasteiger partial charge in [0.05, 0.1) is 0 Å². The van der Waals surface area contributed by atoms with Crippen LogP contribution in [0.1, 0.15) is 11.1 Å². The lowest BCUT2D eigenvalue weighted by molar-refractivity contribution is 0.174. The molecule has 0 saturated heterocycles. The number of anilines is 1. The van der Waals surface area contributed by atoms with Crippen LogP contribution >= 0.6 is 24.4 Å². The molecule has 0 spiro atoms. The number of benzene rings is 2. The number of hydrogen-bond acceptors (Lipinski definition) is 4. The minimum Gasteiger partial charge on any atom is -0.454 e. The monoisotopic (exact) mass is 374 g/mol. The average Bonchev–Trinajstić information content (AvgIpc) is 3.08. The second-order valence-corrected chi connectivity index (χ2v) is 6.26. The molecule has 0 aliphatic carbocycles. The topological polar surface area (TPSA) is 66.6 Å². The maximum atomic E-state index is 5.35. The van der Waals surface area contributed by atoms with Crippen LogP contribution in [0, 0.1) is 6.92 Å². The summed E-state index contributed by atoms with van der Waals surface area (Å²) in [5.74, 6) is 1.51. The molecule has 0 atom stereocenters. The SMILES string of the molecule is Cc1ccc(NC(=S)NNC(=S)NCc2ccc3c(c2)OCO3)cc1. The van der Waals surface area contributed by atoms with Crippen LogP contribution < -0.4 is 31.0 Å². The van der Waals surface area contributed by atoms with Gasteiger partial charge >= 0.3 is 0 Å². The minimum atomic E-state index is 0.265. The fraction of sp³-hybridized carbons (Fsp3) is 0.176. The van der Waals surface area contributed by atoms with E-state index in [2.05, 4.69) is 21.5 Å². The van der Waals surface area contributed by atoms with Crippen molar-refractivity contribution in [1.29, 1.82) is 0 Å². The summed E-state index contributed by atoms with van der Waals surface area (Å²) in [6, 6.07) is 13.7. The van der Waals surface area contributed by atoms with E-state index in [-0.39, 0.29) is 6.79 Å². The van der Waals surface area contributed by atoms with E-state index in [0.29, 0.717) is 16.8 Å². The van der Waals surface area contributed by atoms with Crippen molar-refractivity contribution < 1.29 is 9.47 Å². The van der Waals surface area contributed by atoms with Crippen molar-refractivity contribution in [2.45, 2.75) is 13.5 Å². The van der Waals surface area contributed by atoms with E-state index in [0.717, 1.165) is 22.7 Å². The van der Waals surface area contributed by atoms with Gasteiger partial charge in [-0.1, -0.05) is 23.8 Å². The van der Waals surface area contributed by atoms with Crippen molar-refractivity contribution >= 4 is 40.3 Å². The molecule has 3 rings (SSSR count). The molecule has 0 bridgehead atoms. The van der Waals surface area contributed by atoms with Crippen LogP contribution in [0.3, 0.4) is 0 Å². The summed E-state index contributed by atoms with van der Waals surface area (Å²) < 4.78 is 10.6. The van der Waals surface area contributed by atoms with Crippen molar-refractivity contribution in [2.24, 2.45) is 0 Å². The van der Waals surface area contributed by atoms with Crippen molar-refractivity contribution in [2.75, 3.05) is 12.1 Å². The number of fused-ring (bicyclic) bond motifs is 1. The largest absolute Gasteiger partial charge is 0.454 e. The predicted octanol–water partition coefficient (Wildman–Crippen LogP) is 2.59. The first kappa shape index (κ1) is 17.2. The van der Waals surface area contributed by atoms with Gasteiger partial charge in [0.25, 0.3) is 0 Å². The Bertz CT molecular complexity index is 781. The standard InChI is InChI=1S/C17H18N4O2S2/c1-11-2-5-13(6-3-11)19-17(25)21-20-16(24)18-9-12-4-7-14-15(8-12)23-10-22-14/h2-8H,9-10H2,1H3,(H2,18,20,24)(H2,19,21,25). The molecule has 0 aromatic heterocycles. The van der Waals surface area contributed by atoms with Crippen molar-refractivity contribution in [3.8, 4) is 11.5 Å². The summed E-state index contributed by atoms with van der Waals surface area (Å²) in [7, 11) is 0. The highest BCUT2D eigenvalue weighted by molar-refractivity contribution is 7.80. The number of aryl methyl sites for hydroxylation is 1. The van der Waals surface area contributed by atoms with Gasteiger partial charge in [0.2, 0.25) is 6.79 Å². The van der Waals surface area contributed by atoms with Gasteiger partial charge in [-0.15, -0.1) is 0 Å². The maximum Gasteiger partial charge on any atom is 0.231 e. The van der Waals surface area contributed by atoms with E-state index >= 15 is 0 Å². The third-order valence-electron chi connectivity index (χ3n) is 3.49. The molecule has 25 heavy (non-hydrogen) atoms. The van der Waals surface area contributed by atoms with Gasteiger partial charge in [-0.25, -0.2) is 0 Å². The Morgan fingerprint density at radius 1 is 0.960 bits per heavy atom. The fourth-order valence-corrected chi connectivity index (χ4v) is 2.48. The number of nitrogens with one attached hydrogen (secondary N) is 4.